The van der Waals surface area contributed by atoms with Gasteiger partial charge in [-0.1, -0.05) is 6.58 Å². The van der Waals surface area contributed by atoms with E-state index < -0.39 is 11.9 Å². The number of carbonyl (C=O) groups is 2. The first kappa shape index (κ1) is 6.84. The zero-order valence-electron chi connectivity index (χ0n) is 5.99. The number of carbonyl (C=O) groups excluding carboxylic acids is 2. The van der Waals surface area contributed by atoms with Crippen molar-refractivity contribution < 1.29 is 19.1 Å². The molecule has 0 saturated carbocycles. The summed E-state index contributed by atoms with van der Waals surface area (Å²) in [6.07, 6.45) is 2.40. The Kier molecular flexibility index (Phi) is 1.18. The van der Waals surface area contributed by atoms with Gasteiger partial charge in [-0.25, -0.2) is 9.59 Å². The monoisotopic (exact) mass is 164 g/mol. The molecule has 2 aliphatic heterocycles. The van der Waals surface area contributed by atoms with E-state index in [-0.39, 0.29) is 16.9 Å². The lowest BCUT2D eigenvalue weighted by molar-refractivity contribution is -0.133. The molecule has 60 valence electrons. The summed E-state index contributed by atoms with van der Waals surface area (Å²) in [4.78, 5) is 21.9. The molecule has 0 aliphatic carbocycles. The second-order valence-corrected chi connectivity index (χ2v) is 2.27. The second kappa shape index (κ2) is 2.07. The van der Waals surface area contributed by atoms with Crippen molar-refractivity contribution in [2.45, 2.75) is 0 Å². The molecular formula is C8H4O4. The molecule has 0 unspecified atom stereocenters. The second-order valence-electron chi connectivity index (χ2n) is 2.27. The number of hydrogen-bond acceptors (Lipinski definition) is 4. The lowest BCUT2D eigenvalue weighted by Gasteiger charge is -1.93. The minimum absolute atomic E-state index is 0.175. The number of rotatable bonds is 1. The molecule has 0 N–H and O–H groups in total. The zero-order chi connectivity index (χ0) is 8.72. The number of ether oxygens (including phenoxy) is 2. The van der Waals surface area contributed by atoms with Gasteiger partial charge in [0.05, 0.1) is 0 Å². The maximum atomic E-state index is 11.0. The molecule has 0 atom stereocenters. The topological polar surface area (TPSA) is 52.6 Å². The Morgan fingerprint density at radius 3 is 2.75 bits per heavy atom. The molecular weight excluding hydrogens is 160 g/mol. The lowest BCUT2D eigenvalue weighted by Crippen LogP contribution is -1.98. The Balaban J connectivity index is 2.58. The SMILES string of the molecule is C=CC1=C2C(=O)OC=C2C(=O)O1. The van der Waals surface area contributed by atoms with E-state index in [2.05, 4.69) is 11.3 Å². The summed E-state index contributed by atoms with van der Waals surface area (Å²) >= 11 is 0. The number of allylic oxidation sites excluding steroid dienone is 1. The van der Waals surface area contributed by atoms with E-state index >= 15 is 0 Å². The molecule has 2 heterocycles. The molecule has 12 heavy (non-hydrogen) atoms. The molecule has 4 nitrogen and oxygen atoms in total. The molecule has 0 saturated heterocycles. The summed E-state index contributed by atoms with van der Waals surface area (Å²) in [5.74, 6) is -0.953. The van der Waals surface area contributed by atoms with Gasteiger partial charge in [0.25, 0.3) is 0 Å². The molecule has 2 rings (SSSR count). The molecule has 2 aliphatic rings. The van der Waals surface area contributed by atoms with Gasteiger partial charge in [-0.3, -0.25) is 0 Å². The fraction of sp³-hybridized carbons (Fsp3) is 0. The van der Waals surface area contributed by atoms with Crippen molar-refractivity contribution >= 4 is 11.9 Å². The molecule has 0 amide bonds. The van der Waals surface area contributed by atoms with Crippen LogP contribution in [0.25, 0.3) is 0 Å². The van der Waals surface area contributed by atoms with Crippen molar-refractivity contribution in [3.05, 3.63) is 35.8 Å². The van der Waals surface area contributed by atoms with E-state index in [1.165, 1.54) is 6.08 Å². The van der Waals surface area contributed by atoms with E-state index in [0.717, 1.165) is 6.26 Å². The largest absolute Gasteiger partial charge is 0.430 e. The van der Waals surface area contributed by atoms with Gasteiger partial charge < -0.3 is 9.47 Å². The molecule has 4 heteroatoms. The van der Waals surface area contributed by atoms with Crippen LogP contribution in [-0.4, -0.2) is 11.9 Å². The van der Waals surface area contributed by atoms with Crippen molar-refractivity contribution in [1.82, 2.24) is 0 Å². The summed E-state index contributed by atoms with van der Waals surface area (Å²) in [5.41, 5.74) is 0.352. The van der Waals surface area contributed by atoms with Gasteiger partial charge in [0, 0.05) is 0 Å². The average Bonchev–Trinajstić information content (AvgIpc) is 2.56. The maximum Gasteiger partial charge on any atom is 0.347 e. The highest BCUT2D eigenvalue weighted by molar-refractivity contribution is 6.13. The van der Waals surface area contributed by atoms with Gasteiger partial charge in [-0.15, -0.1) is 0 Å². The van der Waals surface area contributed by atoms with E-state index in [1.807, 2.05) is 0 Å². The highest BCUT2D eigenvalue weighted by Crippen LogP contribution is 2.31. The molecule has 0 radical (unpaired) electrons. The summed E-state index contributed by atoms with van der Waals surface area (Å²) < 4.78 is 9.22. The van der Waals surface area contributed by atoms with Crippen molar-refractivity contribution in [2.75, 3.05) is 0 Å². The molecule has 0 aromatic carbocycles. The van der Waals surface area contributed by atoms with Gasteiger partial charge >= 0.3 is 11.9 Å². The number of cyclic esters (lactones) is 2. The highest BCUT2D eigenvalue weighted by Gasteiger charge is 2.38. The van der Waals surface area contributed by atoms with Crippen molar-refractivity contribution in [3.63, 3.8) is 0 Å². The minimum atomic E-state index is -0.564. The van der Waals surface area contributed by atoms with Crippen molar-refractivity contribution in [3.8, 4) is 0 Å². The molecule has 0 aromatic rings. The quantitative estimate of drug-likeness (QED) is 0.527. The number of hydrogen-bond donors (Lipinski definition) is 0. The first-order chi connectivity index (χ1) is 5.74. The van der Waals surface area contributed by atoms with Crippen LogP contribution in [0.15, 0.2) is 35.8 Å². The van der Waals surface area contributed by atoms with Gasteiger partial charge in [0.15, 0.2) is 0 Å². The van der Waals surface area contributed by atoms with Crippen LogP contribution < -0.4 is 0 Å². The fourth-order valence-corrected chi connectivity index (χ4v) is 1.07. The van der Waals surface area contributed by atoms with Gasteiger partial charge in [-0.2, -0.15) is 0 Å². The first-order valence-corrected chi connectivity index (χ1v) is 3.24. The highest BCUT2D eigenvalue weighted by atomic mass is 16.6. The molecule has 0 bridgehead atoms. The van der Waals surface area contributed by atoms with Crippen molar-refractivity contribution in [2.24, 2.45) is 0 Å². The summed E-state index contributed by atoms with van der Waals surface area (Å²) in [6, 6.07) is 0. The maximum absolute atomic E-state index is 11.0. The summed E-state index contributed by atoms with van der Waals surface area (Å²) in [7, 11) is 0. The van der Waals surface area contributed by atoms with Crippen LogP contribution in [0.3, 0.4) is 0 Å². The van der Waals surface area contributed by atoms with Crippen LogP contribution in [0.1, 0.15) is 0 Å². The third-order valence-electron chi connectivity index (χ3n) is 1.61. The number of esters is 2. The van der Waals surface area contributed by atoms with Crippen LogP contribution in [0.5, 0.6) is 0 Å². The van der Waals surface area contributed by atoms with Crippen LogP contribution in [0, 0.1) is 0 Å². The lowest BCUT2D eigenvalue weighted by atomic mass is 10.1. The van der Waals surface area contributed by atoms with Crippen LogP contribution >= 0.6 is 0 Å². The Hall–Kier alpha value is -1.84. The van der Waals surface area contributed by atoms with Crippen LogP contribution in [-0.2, 0) is 19.1 Å². The van der Waals surface area contributed by atoms with E-state index in [4.69, 9.17) is 4.74 Å². The van der Waals surface area contributed by atoms with Gasteiger partial charge in [0.2, 0.25) is 0 Å². The smallest absolute Gasteiger partial charge is 0.347 e. The average molecular weight is 164 g/mol. The Labute approximate surface area is 67.8 Å². The van der Waals surface area contributed by atoms with Gasteiger partial charge in [0.1, 0.15) is 23.2 Å². The Morgan fingerprint density at radius 1 is 1.33 bits per heavy atom. The molecule has 0 fully saturated rings. The van der Waals surface area contributed by atoms with E-state index in [9.17, 15) is 9.59 Å². The summed E-state index contributed by atoms with van der Waals surface area (Å²) in [6.45, 7) is 3.40. The van der Waals surface area contributed by atoms with Crippen LogP contribution in [0.4, 0.5) is 0 Å². The third-order valence-corrected chi connectivity index (χ3v) is 1.61. The first-order valence-electron chi connectivity index (χ1n) is 3.24. The summed E-state index contributed by atoms with van der Waals surface area (Å²) in [5, 5.41) is 0. The normalized spacial score (nSPS) is 20.2. The van der Waals surface area contributed by atoms with Crippen molar-refractivity contribution in [1.29, 1.82) is 0 Å². The fourth-order valence-electron chi connectivity index (χ4n) is 1.07. The van der Waals surface area contributed by atoms with E-state index in [1.54, 1.807) is 0 Å². The predicted molar refractivity (Wildman–Crippen MR) is 37.5 cm³/mol. The minimum Gasteiger partial charge on any atom is -0.430 e. The van der Waals surface area contributed by atoms with Gasteiger partial charge in [-0.05, 0) is 6.08 Å². The molecule has 0 aromatic heterocycles. The molecule has 0 spiro atoms. The standard InChI is InChI=1S/C8H4O4/c1-2-5-6-4(7(9)12-5)3-11-8(6)10/h2-3H,1H2. The zero-order valence-corrected chi connectivity index (χ0v) is 5.99. The Morgan fingerprint density at radius 2 is 2.08 bits per heavy atom. The Bertz CT molecular complexity index is 359. The van der Waals surface area contributed by atoms with E-state index in [0.29, 0.717) is 0 Å². The van der Waals surface area contributed by atoms with Crippen LogP contribution in [0.2, 0.25) is 0 Å². The number of fused-ring (bicyclic) bond motifs is 1. The predicted octanol–water partition coefficient (Wildman–Crippen LogP) is 0.424. The third kappa shape index (κ3) is 0.661.